The monoisotopic (exact) mass is 280 g/mol. The molecule has 1 N–H and O–H groups in total. The fourth-order valence-electron chi connectivity index (χ4n) is 2.31. The van der Waals surface area contributed by atoms with E-state index in [2.05, 4.69) is 32.5 Å². The summed E-state index contributed by atoms with van der Waals surface area (Å²) in [6.07, 6.45) is 2.40. The number of nitrogens with zero attached hydrogens (tertiary/aromatic N) is 1. The molecule has 84 valence electrons. The highest BCUT2D eigenvalue weighted by molar-refractivity contribution is 9.10. The summed E-state index contributed by atoms with van der Waals surface area (Å²) in [6.45, 7) is 2.12. The van der Waals surface area contributed by atoms with Crippen molar-refractivity contribution in [2.24, 2.45) is 0 Å². The molecule has 1 aliphatic rings. The van der Waals surface area contributed by atoms with Gasteiger partial charge in [-0.3, -0.25) is 0 Å². The quantitative estimate of drug-likeness (QED) is 0.873. The molecular weight excluding hydrogens is 268 g/mol. The van der Waals surface area contributed by atoms with Crippen LogP contribution in [-0.4, -0.2) is 18.2 Å². The van der Waals surface area contributed by atoms with Gasteiger partial charge in [0, 0.05) is 22.3 Å². The van der Waals surface area contributed by atoms with Gasteiger partial charge in [0.2, 0.25) is 0 Å². The normalized spacial score (nSPS) is 21.4. The van der Waals surface area contributed by atoms with E-state index in [4.69, 9.17) is 4.52 Å². The maximum absolute atomic E-state index is 5.50. The van der Waals surface area contributed by atoms with E-state index >= 15 is 0 Å². The van der Waals surface area contributed by atoms with Gasteiger partial charge >= 0.3 is 0 Å². The molecule has 0 spiro atoms. The average molecular weight is 281 g/mol. The molecule has 16 heavy (non-hydrogen) atoms. The van der Waals surface area contributed by atoms with Crippen molar-refractivity contribution in [2.75, 3.05) is 13.1 Å². The van der Waals surface area contributed by atoms with Crippen LogP contribution in [0, 0.1) is 0 Å². The van der Waals surface area contributed by atoms with Crippen molar-refractivity contribution in [3.05, 3.63) is 28.4 Å². The van der Waals surface area contributed by atoms with Crippen molar-refractivity contribution in [3.8, 4) is 0 Å². The van der Waals surface area contributed by atoms with Gasteiger partial charge in [-0.15, -0.1) is 0 Å². The Morgan fingerprint density at radius 3 is 3.19 bits per heavy atom. The molecule has 3 rings (SSSR count). The van der Waals surface area contributed by atoms with Gasteiger partial charge in [-0.05, 0) is 37.6 Å². The molecule has 0 radical (unpaired) electrons. The van der Waals surface area contributed by atoms with E-state index in [-0.39, 0.29) is 0 Å². The molecular formula is C12H13BrN2O. The molecule has 0 aliphatic carbocycles. The zero-order valence-electron chi connectivity index (χ0n) is 8.87. The smallest absolute Gasteiger partial charge is 0.148 e. The number of rotatable bonds is 1. The molecule has 0 amide bonds. The fourth-order valence-corrected chi connectivity index (χ4v) is 2.66. The van der Waals surface area contributed by atoms with Crippen molar-refractivity contribution >= 4 is 26.8 Å². The predicted molar refractivity (Wildman–Crippen MR) is 66.6 cm³/mol. The SMILES string of the molecule is Brc1ccc2c(C3CCCNC3)onc2c1. The molecule has 0 bridgehead atoms. The second-order valence-electron chi connectivity index (χ2n) is 4.25. The summed E-state index contributed by atoms with van der Waals surface area (Å²) in [6, 6.07) is 6.12. The van der Waals surface area contributed by atoms with Crippen LogP contribution >= 0.6 is 15.9 Å². The first kappa shape index (κ1) is 10.3. The standard InChI is InChI=1S/C12H13BrN2O/c13-9-3-4-10-11(6-9)15-16-12(10)8-2-1-5-14-7-8/h3-4,6,8,14H,1-2,5,7H2. The lowest BCUT2D eigenvalue weighted by Crippen LogP contribution is -2.28. The second kappa shape index (κ2) is 4.18. The number of piperidine rings is 1. The number of nitrogens with one attached hydrogen (secondary N) is 1. The first-order valence-electron chi connectivity index (χ1n) is 5.60. The number of fused-ring (bicyclic) bond motifs is 1. The van der Waals surface area contributed by atoms with Crippen molar-refractivity contribution < 1.29 is 4.52 Å². The van der Waals surface area contributed by atoms with Gasteiger partial charge in [-0.25, -0.2) is 0 Å². The minimum Gasteiger partial charge on any atom is -0.360 e. The summed E-state index contributed by atoms with van der Waals surface area (Å²) < 4.78 is 6.54. The number of aromatic nitrogens is 1. The van der Waals surface area contributed by atoms with Gasteiger partial charge in [0.15, 0.2) is 0 Å². The summed E-state index contributed by atoms with van der Waals surface area (Å²) in [5, 5.41) is 8.67. The average Bonchev–Trinajstić information content (AvgIpc) is 2.73. The zero-order valence-corrected chi connectivity index (χ0v) is 10.5. The van der Waals surface area contributed by atoms with Crippen molar-refractivity contribution in [1.82, 2.24) is 10.5 Å². The largest absolute Gasteiger partial charge is 0.360 e. The summed E-state index contributed by atoms with van der Waals surface area (Å²) in [7, 11) is 0. The van der Waals surface area contributed by atoms with Crippen LogP contribution in [0.1, 0.15) is 24.5 Å². The van der Waals surface area contributed by atoms with Gasteiger partial charge in [-0.1, -0.05) is 21.1 Å². The topological polar surface area (TPSA) is 38.1 Å². The van der Waals surface area contributed by atoms with Crippen LogP contribution in [0.25, 0.3) is 10.9 Å². The third-order valence-electron chi connectivity index (χ3n) is 3.14. The first-order valence-corrected chi connectivity index (χ1v) is 6.39. The van der Waals surface area contributed by atoms with E-state index in [1.165, 1.54) is 12.8 Å². The third-order valence-corrected chi connectivity index (χ3v) is 3.63. The van der Waals surface area contributed by atoms with E-state index in [1.54, 1.807) is 0 Å². The predicted octanol–water partition coefficient (Wildman–Crippen LogP) is 3.06. The molecule has 1 aromatic heterocycles. The van der Waals surface area contributed by atoms with E-state index in [0.29, 0.717) is 5.92 Å². The lowest BCUT2D eigenvalue weighted by molar-refractivity contribution is 0.335. The van der Waals surface area contributed by atoms with Crippen LogP contribution in [0.3, 0.4) is 0 Å². The highest BCUT2D eigenvalue weighted by Crippen LogP contribution is 2.31. The number of halogens is 1. The molecule has 1 aliphatic heterocycles. The number of benzene rings is 1. The van der Waals surface area contributed by atoms with Crippen LogP contribution in [0.4, 0.5) is 0 Å². The maximum Gasteiger partial charge on any atom is 0.148 e. The van der Waals surface area contributed by atoms with Crippen LogP contribution < -0.4 is 5.32 Å². The second-order valence-corrected chi connectivity index (χ2v) is 5.17. The summed E-state index contributed by atoms with van der Waals surface area (Å²) in [5.41, 5.74) is 0.940. The highest BCUT2D eigenvalue weighted by atomic mass is 79.9. The van der Waals surface area contributed by atoms with E-state index in [9.17, 15) is 0 Å². The molecule has 0 saturated carbocycles. The Morgan fingerprint density at radius 1 is 1.44 bits per heavy atom. The van der Waals surface area contributed by atoms with Gasteiger partial charge < -0.3 is 9.84 Å². The van der Waals surface area contributed by atoms with Gasteiger partial charge in [0.05, 0.1) is 0 Å². The molecule has 1 saturated heterocycles. The molecule has 1 unspecified atom stereocenters. The Hall–Kier alpha value is -0.870. The van der Waals surface area contributed by atoms with Crippen LogP contribution in [-0.2, 0) is 0 Å². The lowest BCUT2D eigenvalue weighted by Gasteiger charge is -2.20. The molecule has 2 heterocycles. The van der Waals surface area contributed by atoms with Gasteiger partial charge in [-0.2, -0.15) is 0 Å². The molecule has 4 heteroatoms. The maximum atomic E-state index is 5.50. The fraction of sp³-hybridized carbons (Fsp3) is 0.417. The zero-order chi connectivity index (χ0) is 11.0. The van der Waals surface area contributed by atoms with E-state index < -0.39 is 0 Å². The van der Waals surface area contributed by atoms with Crippen molar-refractivity contribution in [2.45, 2.75) is 18.8 Å². The minimum absolute atomic E-state index is 0.472. The summed E-state index contributed by atoms with van der Waals surface area (Å²) >= 11 is 3.44. The molecule has 1 atom stereocenters. The van der Waals surface area contributed by atoms with Crippen molar-refractivity contribution in [1.29, 1.82) is 0 Å². The van der Waals surface area contributed by atoms with Crippen LogP contribution in [0.2, 0.25) is 0 Å². The third kappa shape index (κ3) is 1.76. The molecule has 2 aromatic rings. The molecule has 1 aromatic carbocycles. The number of hydrogen-bond donors (Lipinski definition) is 1. The van der Waals surface area contributed by atoms with Crippen molar-refractivity contribution in [3.63, 3.8) is 0 Å². The Balaban J connectivity index is 2.03. The van der Waals surface area contributed by atoms with Gasteiger partial charge in [0.25, 0.3) is 0 Å². The Kier molecular flexibility index (Phi) is 2.69. The Labute approximate surface area is 102 Å². The Morgan fingerprint density at radius 2 is 2.38 bits per heavy atom. The lowest BCUT2D eigenvalue weighted by atomic mass is 9.95. The van der Waals surface area contributed by atoms with E-state index in [0.717, 1.165) is 34.2 Å². The van der Waals surface area contributed by atoms with E-state index in [1.807, 2.05) is 12.1 Å². The Bertz CT molecular complexity index is 503. The minimum atomic E-state index is 0.472. The molecule has 3 nitrogen and oxygen atoms in total. The van der Waals surface area contributed by atoms with Crippen LogP contribution in [0.15, 0.2) is 27.2 Å². The number of hydrogen-bond acceptors (Lipinski definition) is 3. The van der Waals surface area contributed by atoms with Crippen LogP contribution in [0.5, 0.6) is 0 Å². The van der Waals surface area contributed by atoms with Gasteiger partial charge in [0.1, 0.15) is 11.3 Å². The summed E-state index contributed by atoms with van der Waals surface area (Å²) in [5.74, 6) is 1.51. The summed E-state index contributed by atoms with van der Waals surface area (Å²) in [4.78, 5) is 0. The highest BCUT2D eigenvalue weighted by Gasteiger charge is 2.21. The first-order chi connectivity index (χ1) is 7.84. The molecule has 1 fully saturated rings.